The molecule has 2 rings (SSSR count). The molecular weight excluding hydrogens is 386 g/mol. The number of rotatable bonds is 9. The molecule has 0 saturated heterocycles. The maximum atomic E-state index is 12.5. The Balaban J connectivity index is 1.74. The molecule has 1 amide bonds. The van der Waals surface area contributed by atoms with Gasteiger partial charge in [0.1, 0.15) is 5.60 Å². The number of hydrogen-bond donors (Lipinski definition) is 3. The maximum Gasteiger partial charge on any atom is 0.306 e. The van der Waals surface area contributed by atoms with E-state index in [0.29, 0.717) is 23.6 Å². The predicted octanol–water partition coefficient (Wildman–Crippen LogP) is 4.88. The van der Waals surface area contributed by atoms with E-state index in [9.17, 15) is 9.59 Å². The molecule has 0 bridgehead atoms. The zero-order valence-electron chi connectivity index (χ0n) is 17.7. The van der Waals surface area contributed by atoms with Crippen LogP contribution in [-0.2, 0) is 9.53 Å². The number of carbonyl (C=O) groups is 2. The molecule has 1 aromatic heterocycles. The number of thioether (sulfide) groups is 1. The first-order valence-electron chi connectivity index (χ1n) is 9.95. The van der Waals surface area contributed by atoms with E-state index in [0.717, 1.165) is 42.1 Å². The monoisotopic (exact) mass is 417 g/mol. The van der Waals surface area contributed by atoms with Crippen LogP contribution in [-0.4, -0.2) is 40.3 Å². The Kier molecular flexibility index (Phi) is 8.32. The topological polar surface area (TPSA) is 95.0 Å². The van der Waals surface area contributed by atoms with Crippen LogP contribution in [0, 0.1) is 5.41 Å². The maximum absolute atomic E-state index is 12.5. The fourth-order valence-corrected chi connectivity index (χ4v) is 3.37. The Morgan fingerprint density at radius 2 is 1.90 bits per heavy atom. The van der Waals surface area contributed by atoms with Gasteiger partial charge in [-0.3, -0.25) is 15.0 Å². The minimum atomic E-state index is -0.430. The lowest BCUT2D eigenvalue weighted by molar-refractivity contribution is -0.154. The summed E-state index contributed by atoms with van der Waals surface area (Å²) >= 11 is 1.37. The molecule has 7 heteroatoms. The fourth-order valence-electron chi connectivity index (χ4n) is 3.01. The van der Waals surface area contributed by atoms with Crippen molar-refractivity contribution in [2.24, 2.45) is 0 Å². The molecule has 0 fully saturated rings. The normalized spacial score (nSPS) is 11.4. The van der Waals surface area contributed by atoms with Crippen LogP contribution in [0.2, 0.25) is 0 Å². The van der Waals surface area contributed by atoms with E-state index in [4.69, 9.17) is 10.1 Å². The largest absolute Gasteiger partial charge is 0.460 e. The van der Waals surface area contributed by atoms with E-state index in [1.165, 1.54) is 11.8 Å². The van der Waals surface area contributed by atoms with Crippen LogP contribution in [0.25, 0.3) is 10.9 Å². The zero-order chi connectivity index (χ0) is 21.4. The van der Waals surface area contributed by atoms with Crippen molar-refractivity contribution in [1.82, 2.24) is 10.3 Å². The van der Waals surface area contributed by atoms with E-state index in [1.54, 1.807) is 6.20 Å². The van der Waals surface area contributed by atoms with Gasteiger partial charge in [-0.05, 0) is 52.0 Å². The van der Waals surface area contributed by atoms with Crippen molar-refractivity contribution in [2.45, 2.75) is 58.5 Å². The summed E-state index contributed by atoms with van der Waals surface area (Å²) in [5.41, 5.74) is 1.86. The van der Waals surface area contributed by atoms with Gasteiger partial charge in [0, 0.05) is 35.6 Å². The van der Waals surface area contributed by atoms with Gasteiger partial charge in [-0.25, -0.2) is 0 Å². The minimum absolute atomic E-state index is 0.113. The van der Waals surface area contributed by atoms with E-state index in [-0.39, 0.29) is 11.9 Å². The van der Waals surface area contributed by atoms with E-state index in [1.807, 2.05) is 45.2 Å². The quantitative estimate of drug-likeness (QED) is 0.235. The molecule has 0 aliphatic rings. The number of ether oxygens (including phenoxy) is 1. The number of aromatic nitrogens is 1. The predicted molar refractivity (Wildman–Crippen MR) is 120 cm³/mol. The molecule has 2 aromatic rings. The summed E-state index contributed by atoms with van der Waals surface area (Å²) in [6.45, 7) is 6.21. The summed E-state index contributed by atoms with van der Waals surface area (Å²) in [4.78, 5) is 27.3. The van der Waals surface area contributed by atoms with Gasteiger partial charge in [-0.15, -0.1) is 11.8 Å². The van der Waals surface area contributed by atoms with Gasteiger partial charge < -0.3 is 15.0 Å². The highest BCUT2D eigenvalue weighted by Crippen LogP contribution is 2.22. The number of hydrogen-bond acceptors (Lipinski definition) is 5. The number of amides is 1. The summed E-state index contributed by atoms with van der Waals surface area (Å²) in [7, 11) is 0. The summed E-state index contributed by atoms with van der Waals surface area (Å²) in [5, 5.41) is 12.2. The average molecular weight is 418 g/mol. The fraction of sp³-hybridized carbons (Fsp3) is 0.500. The Morgan fingerprint density at radius 1 is 1.17 bits per heavy atom. The van der Waals surface area contributed by atoms with Crippen LogP contribution in [0.4, 0.5) is 0 Å². The van der Waals surface area contributed by atoms with Gasteiger partial charge in [0.15, 0.2) is 0 Å². The second-order valence-corrected chi connectivity index (χ2v) is 8.82. The summed E-state index contributed by atoms with van der Waals surface area (Å²) in [6.07, 6.45) is 7.57. The van der Waals surface area contributed by atoms with Gasteiger partial charge in [0.25, 0.3) is 5.91 Å². The summed E-state index contributed by atoms with van der Waals surface area (Å²) < 4.78 is 5.29. The Morgan fingerprint density at radius 3 is 2.59 bits per heavy atom. The molecule has 0 aliphatic carbocycles. The lowest BCUT2D eigenvalue weighted by Crippen LogP contribution is -2.24. The van der Waals surface area contributed by atoms with Crippen LogP contribution in [0.3, 0.4) is 0 Å². The Bertz CT molecular complexity index is 868. The average Bonchev–Trinajstić information content (AvgIpc) is 3.08. The van der Waals surface area contributed by atoms with Crippen LogP contribution in [0.5, 0.6) is 0 Å². The molecule has 158 valence electrons. The summed E-state index contributed by atoms with van der Waals surface area (Å²) in [5.74, 6) is -0.267. The number of aromatic amines is 1. The van der Waals surface area contributed by atoms with Crippen molar-refractivity contribution in [3.8, 4) is 0 Å². The Labute approximate surface area is 176 Å². The van der Waals surface area contributed by atoms with Crippen molar-refractivity contribution < 1.29 is 14.3 Å². The third-order valence-corrected chi connectivity index (χ3v) is 5.05. The standard InChI is InChI=1S/C22H31N3O3S/c1-22(2,3)28-19(26)9-7-5-6-8-12-24-21(27)17-14-25-18-11-10-15(13-16(17)18)20(23)29-4/h10-11,13-14,23,25H,5-9,12H2,1-4H3,(H,24,27). The van der Waals surface area contributed by atoms with Gasteiger partial charge in [-0.2, -0.15) is 0 Å². The molecule has 0 saturated carbocycles. The zero-order valence-corrected chi connectivity index (χ0v) is 18.5. The first-order chi connectivity index (χ1) is 13.7. The number of fused-ring (bicyclic) bond motifs is 1. The van der Waals surface area contributed by atoms with Crippen LogP contribution < -0.4 is 5.32 Å². The number of esters is 1. The highest BCUT2D eigenvalue weighted by Gasteiger charge is 2.16. The van der Waals surface area contributed by atoms with Crippen molar-refractivity contribution in [1.29, 1.82) is 5.41 Å². The highest BCUT2D eigenvalue weighted by molar-refractivity contribution is 8.13. The molecule has 0 unspecified atom stereocenters. The summed E-state index contributed by atoms with van der Waals surface area (Å²) in [6, 6.07) is 5.67. The molecule has 0 aliphatic heterocycles. The number of benzene rings is 1. The second-order valence-electron chi connectivity index (χ2n) is 8.00. The molecule has 1 heterocycles. The lowest BCUT2D eigenvalue weighted by Gasteiger charge is -2.19. The number of H-pyrrole nitrogens is 1. The minimum Gasteiger partial charge on any atom is -0.460 e. The van der Waals surface area contributed by atoms with Crippen molar-refractivity contribution in [2.75, 3.05) is 12.8 Å². The Hall–Kier alpha value is -2.28. The molecule has 6 nitrogen and oxygen atoms in total. The van der Waals surface area contributed by atoms with Crippen LogP contribution >= 0.6 is 11.8 Å². The number of unbranched alkanes of at least 4 members (excludes halogenated alkanes) is 3. The van der Waals surface area contributed by atoms with E-state index >= 15 is 0 Å². The van der Waals surface area contributed by atoms with Crippen LogP contribution in [0.1, 0.15) is 68.8 Å². The van der Waals surface area contributed by atoms with Crippen LogP contribution in [0.15, 0.2) is 24.4 Å². The first-order valence-corrected chi connectivity index (χ1v) is 11.2. The third-order valence-electron chi connectivity index (χ3n) is 4.41. The van der Waals surface area contributed by atoms with E-state index in [2.05, 4.69) is 10.3 Å². The molecule has 3 N–H and O–H groups in total. The number of nitrogens with one attached hydrogen (secondary N) is 3. The SMILES string of the molecule is CSC(=N)c1ccc2[nH]cc(C(=O)NCCCCCCC(=O)OC(C)(C)C)c2c1. The molecule has 1 aromatic carbocycles. The van der Waals surface area contributed by atoms with Gasteiger partial charge in [-0.1, -0.05) is 18.9 Å². The van der Waals surface area contributed by atoms with Gasteiger partial charge in [0.2, 0.25) is 0 Å². The third kappa shape index (κ3) is 7.24. The molecule has 0 radical (unpaired) electrons. The van der Waals surface area contributed by atoms with Crippen molar-refractivity contribution in [3.05, 3.63) is 35.5 Å². The smallest absolute Gasteiger partial charge is 0.306 e. The first kappa shape index (κ1) is 23.0. The second kappa shape index (κ2) is 10.5. The molecular formula is C22H31N3O3S. The highest BCUT2D eigenvalue weighted by atomic mass is 32.2. The molecule has 0 atom stereocenters. The van der Waals surface area contributed by atoms with Gasteiger partial charge >= 0.3 is 5.97 Å². The lowest BCUT2D eigenvalue weighted by atomic mass is 10.1. The van der Waals surface area contributed by atoms with Crippen molar-refractivity contribution >= 4 is 39.6 Å². The van der Waals surface area contributed by atoms with Crippen molar-refractivity contribution in [3.63, 3.8) is 0 Å². The molecule has 0 spiro atoms. The number of carbonyl (C=O) groups excluding carboxylic acids is 2. The van der Waals surface area contributed by atoms with Gasteiger partial charge in [0.05, 0.1) is 10.6 Å². The molecule has 29 heavy (non-hydrogen) atoms. The van der Waals surface area contributed by atoms with E-state index < -0.39 is 5.60 Å².